The van der Waals surface area contributed by atoms with Crippen LogP contribution in [0.3, 0.4) is 0 Å². The van der Waals surface area contributed by atoms with E-state index >= 15 is 0 Å². The van der Waals surface area contributed by atoms with Crippen molar-refractivity contribution < 1.29 is 4.79 Å². The normalized spacial score (nSPS) is 13.9. The van der Waals surface area contributed by atoms with E-state index in [1.807, 2.05) is 42.5 Å². The Morgan fingerprint density at radius 3 is 2.62 bits per heavy atom. The molecule has 0 aliphatic carbocycles. The minimum atomic E-state index is -0.0849. The summed E-state index contributed by atoms with van der Waals surface area (Å²) in [4.78, 5) is 32.0. The van der Waals surface area contributed by atoms with E-state index in [0.717, 1.165) is 5.69 Å². The van der Waals surface area contributed by atoms with E-state index in [0.29, 0.717) is 42.2 Å². The highest BCUT2D eigenvalue weighted by molar-refractivity contribution is 5.94. The molecule has 1 aromatic carbocycles. The van der Waals surface area contributed by atoms with Gasteiger partial charge in [-0.05, 0) is 35.7 Å². The third kappa shape index (κ3) is 2.79. The number of aromatic nitrogens is 2. The number of hydrogen-bond donors (Lipinski definition) is 0. The molecule has 0 saturated heterocycles. The predicted octanol–water partition coefficient (Wildman–Crippen LogP) is 3.02. The fourth-order valence-corrected chi connectivity index (χ4v) is 3.41. The first kappa shape index (κ1) is 16.5. The molecule has 1 aliphatic rings. The zero-order chi connectivity index (χ0) is 18.3. The minimum Gasteiger partial charge on any atom is -0.334 e. The molecule has 4 rings (SSSR count). The molecule has 0 unspecified atom stereocenters. The summed E-state index contributed by atoms with van der Waals surface area (Å²) in [6, 6.07) is 13.3. The van der Waals surface area contributed by atoms with Crippen molar-refractivity contribution in [3.05, 3.63) is 81.4 Å². The van der Waals surface area contributed by atoms with Crippen LogP contribution in [0.2, 0.25) is 0 Å². The molecule has 0 atom stereocenters. The van der Waals surface area contributed by atoms with Gasteiger partial charge in [-0.2, -0.15) is 0 Å². The van der Waals surface area contributed by atoms with Crippen LogP contribution in [0.1, 0.15) is 46.9 Å². The van der Waals surface area contributed by atoms with Gasteiger partial charge in [0.25, 0.3) is 11.5 Å². The standard InChI is InChI=1S/C21H21N3O2/c1-14(2)15-6-8-16(9-7-15)20(25)23-12-10-18-17(13-23)21(26)24-11-4-3-5-19(24)22-18/h3-9,11,14H,10,12-13H2,1-2H3. The van der Waals surface area contributed by atoms with Crippen molar-refractivity contribution >= 4 is 11.6 Å². The Hall–Kier alpha value is -2.95. The molecule has 26 heavy (non-hydrogen) atoms. The number of carbonyl (C=O) groups excluding carboxylic acids is 1. The van der Waals surface area contributed by atoms with Crippen molar-refractivity contribution in [2.24, 2.45) is 0 Å². The molecule has 132 valence electrons. The smallest absolute Gasteiger partial charge is 0.263 e. The average molecular weight is 347 g/mol. The Morgan fingerprint density at radius 1 is 1.12 bits per heavy atom. The minimum absolute atomic E-state index is 0.0384. The lowest BCUT2D eigenvalue weighted by molar-refractivity contribution is 0.0732. The van der Waals surface area contributed by atoms with Crippen LogP contribution in [0.15, 0.2) is 53.5 Å². The monoisotopic (exact) mass is 347 g/mol. The summed E-state index contributed by atoms with van der Waals surface area (Å²) >= 11 is 0. The number of rotatable bonds is 2. The van der Waals surface area contributed by atoms with Gasteiger partial charge in [0.2, 0.25) is 0 Å². The van der Waals surface area contributed by atoms with E-state index in [2.05, 4.69) is 18.8 Å². The van der Waals surface area contributed by atoms with Crippen molar-refractivity contribution in [1.29, 1.82) is 0 Å². The topological polar surface area (TPSA) is 54.7 Å². The number of carbonyl (C=O) groups is 1. The van der Waals surface area contributed by atoms with Gasteiger partial charge in [-0.3, -0.25) is 14.0 Å². The van der Waals surface area contributed by atoms with E-state index in [9.17, 15) is 9.59 Å². The molecule has 5 nitrogen and oxygen atoms in total. The van der Waals surface area contributed by atoms with Gasteiger partial charge in [-0.25, -0.2) is 4.98 Å². The van der Waals surface area contributed by atoms with Gasteiger partial charge in [-0.15, -0.1) is 0 Å². The van der Waals surface area contributed by atoms with Gasteiger partial charge in [0, 0.05) is 24.7 Å². The fourth-order valence-electron chi connectivity index (χ4n) is 3.41. The highest BCUT2D eigenvalue weighted by Crippen LogP contribution is 2.19. The Labute approximate surface area is 151 Å². The van der Waals surface area contributed by atoms with Crippen LogP contribution in [0.25, 0.3) is 5.65 Å². The van der Waals surface area contributed by atoms with Gasteiger partial charge in [-0.1, -0.05) is 32.0 Å². The van der Waals surface area contributed by atoms with Gasteiger partial charge in [0.15, 0.2) is 0 Å². The van der Waals surface area contributed by atoms with Crippen LogP contribution < -0.4 is 5.56 Å². The van der Waals surface area contributed by atoms with Gasteiger partial charge >= 0.3 is 0 Å². The highest BCUT2D eigenvalue weighted by atomic mass is 16.2. The third-order valence-corrected chi connectivity index (χ3v) is 4.99. The maximum atomic E-state index is 12.9. The molecule has 0 fully saturated rings. The molecule has 5 heteroatoms. The van der Waals surface area contributed by atoms with E-state index in [4.69, 9.17) is 0 Å². The number of fused-ring (bicyclic) bond motifs is 2. The molecule has 1 aliphatic heterocycles. The largest absolute Gasteiger partial charge is 0.334 e. The average Bonchev–Trinajstić information content (AvgIpc) is 2.67. The Balaban J connectivity index is 1.64. The van der Waals surface area contributed by atoms with Crippen molar-refractivity contribution in [2.45, 2.75) is 32.7 Å². The zero-order valence-electron chi connectivity index (χ0n) is 15.0. The second kappa shape index (κ2) is 6.41. The van der Waals surface area contributed by atoms with Crippen molar-refractivity contribution in [2.75, 3.05) is 6.54 Å². The Kier molecular flexibility index (Phi) is 4.07. The quantitative estimate of drug-likeness (QED) is 0.716. The third-order valence-electron chi connectivity index (χ3n) is 4.99. The van der Waals surface area contributed by atoms with E-state index in [1.165, 1.54) is 5.56 Å². The number of nitrogens with zero attached hydrogens (tertiary/aromatic N) is 3. The van der Waals surface area contributed by atoms with Crippen molar-refractivity contribution in [3.63, 3.8) is 0 Å². The van der Waals surface area contributed by atoms with E-state index in [1.54, 1.807) is 15.5 Å². The molecule has 0 bridgehead atoms. The van der Waals surface area contributed by atoms with Crippen LogP contribution >= 0.6 is 0 Å². The first-order chi connectivity index (χ1) is 12.5. The molecule has 1 amide bonds. The maximum Gasteiger partial charge on any atom is 0.263 e. The molecule has 3 aromatic rings. The van der Waals surface area contributed by atoms with Gasteiger partial charge in [0.05, 0.1) is 17.8 Å². The fraction of sp³-hybridized carbons (Fsp3) is 0.286. The second-order valence-corrected chi connectivity index (χ2v) is 7.02. The second-order valence-electron chi connectivity index (χ2n) is 7.02. The molecule has 0 saturated carbocycles. The number of amides is 1. The van der Waals surface area contributed by atoms with Crippen LogP contribution in [0.5, 0.6) is 0 Å². The lowest BCUT2D eigenvalue weighted by Gasteiger charge is -2.28. The number of benzene rings is 1. The first-order valence-electron chi connectivity index (χ1n) is 8.93. The SMILES string of the molecule is CC(C)c1ccc(C(=O)N2CCc3nc4ccccn4c(=O)c3C2)cc1. The van der Waals surface area contributed by atoms with E-state index in [-0.39, 0.29) is 11.5 Å². The summed E-state index contributed by atoms with van der Waals surface area (Å²) in [5, 5.41) is 0. The van der Waals surface area contributed by atoms with Crippen LogP contribution in [0, 0.1) is 0 Å². The summed E-state index contributed by atoms with van der Waals surface area (Å²) in [5.74, 6) is 0.393. The zero-order valence-corrected chi connectivity index (χ0v) is 15.0. The maximum absolute atomic E-state index is 12.9. The summed E-state index contributed by atoms with van der Waals surface area (Å²) in [5.41, 5.74) is 3.86. The molecule has 0 radical (unpaired) electrons. The highest BCUT2D eigenvalue weighted by Gasteiger charge is 2.25. The summed E-state index contributed by atoms with van der Waals surface area (Å²) < 4.78 is 1.55. The molecule has 0 spiro atoms. The Bertz CT molecular complexity index is 1040. The molecule has 0 N–H and O–H groups in total. The number of pyridine rings is 1. The predicted molar refractivity (Wildman–Crippen MR) is 100 cm³/mol. The lowest BCUT2D eigenvalue weighted by Crippen LogP contribution is -2.40. The van der Waals surface area contributed by atoms with Crippen molar-refractivity contribution in [1.82, 2.24) is 14.3 Å². The molecular formula is C21H21N3O2. The van der Waals surface area contributed by atoms with Gasteiger partial charge < -0.3 is 4.90 Å². The number of hydrogen-bond acceptors (Lipinski definition) is 3. The molecule has 3 heterocycles. The Morgan fingerprint density at radius 2 is 1.88 bits per heavy atom. The van der Waals surface area contributed by atoms with Crippen LogP contribution in [0.4, 0.5) is 0 Å². The van der Waals surface area contributed by atoms with Gasteiger partial charge in [0.1, 0.15) is 5.65 Å². The lowest BCUT2D eigenvalue weighted by atomic mass is 10.0. The molecular weight excluding hydrogens is 326 g/mol. The molecule has 2 aromatic heterocycles. The van der Waals surface area contributed by atoms with Crippen LogP contribution in [-0.4, -0.2) is 26.7 Å². The first-order valence-corrected chi connectivity index (χ1v) is 8.93. The summed E-state index contributed by atoms with van der Waals surface area (Å²) in [7, 11) is 0. The summed E-state index contributed by atoms with van der Waals surface area (Å²) in [6.45, 7) is 5.14. The van der Waals surface area contributed by atoms with Crippen molar-refractivity contribution in [3.8, 4) is 0 Å². The summed E-state index contributed by atoms with van der Waals surface area (Å²) in [6.07, 6.45) is 2.32. The van der Waals surface area contributed by atoms with E-state index < -0.39 is 0 Å². The van der Waals surface area contributed by atoms with Crippen LogP contribution in [-0.2, 0) is 13.0 Å².